The molecule has 35 heavy (non-hydrogen) atoms. The van der Waals surface area contributed by atoms with E-state index in [0.717, 1.165) is 41.3 Å². The molecule has 6 heteroatoms. The smallest absolute Gasteiger partial charge is 0.321 e. The highest BCUT2D eigenvalue weighted by Crippen LogP contribution is 2.26. The number of benzene rings is 2. The highest BCUT2D eigenvalue weighted by molar-refractivity contribution is 5.89. The number of carbonyl (C=O) groups is 1. The fourth-order valence-electron chi connectivity index (χ4n) is 4.22. The second-order valence-corrected chi connectivity index (χ2v) is 8.96. The summed E-state index contributed by atoms with van der Waals surface area (Å²) >= 11 is 0. The van der Waals surface area contributed by atoms with Crippen LogP contribution in [0.4, 0.5) is 10.5 Å². The number of aromatic nitrogens is 1. The Balaban J connectivity index is 1.31. The summed E-state index contributed by atoms with van der Waals surface area (Å²) in [6.07, 6.45) is 5.59. The molecule has 0 spiro atoms. The number of amides is 2. The van der Waals surface area contributed by atoms with Gasteiger partial charge in [0.2, 0.25) is 0 Å². The summed E-state index contributed by atoms with van der Waals surface area (Å²) in [5.74, 6) is 2.00. The van der Waals surface area contributed by atoms with Crippen LogP contribution in [0.1, 0.15) is 30.2 Å². The van der Waals surface area contributed by atoms with Gasteiger partial charge in [0.05, 0.1) is 25.6 Å². The maximum absolute atomic E-state index is 12.7. The summed E-state index contributed by atoms with van der Waals surface area (Å²) in [6.45, 7) is 6.08. The molecule has 1 N–H and O–H groups in total. The average molecular weight is 472 g/mol. The summed E-state index contributed by atoms with van der Waals surface area (Å²) in [5, 5.41) is 2.95. The number of rotatable bonds is 7. The summed E-state index contributed by atoms with van der Waals surface area (Å²) in [4.78, 5) is 18.8. The van der Waals surface area contributed by atoms with E-state index in [-0.39, 0.29) is 11.9 Å². The number of nitrogens with zero attached hydrogens (tertiary/aromatic N) is 2. The predicted molar refractivity (Wildman–Crippen MR) is 140 cm³/mol. The number of hydrogen-bond acceptors (Lipinski definition) is 4. The largest absolute Gasteiger partial charge is 0.497 e. The van der Waals surface area contributed by atoms with Gasteiger partial charge in [-0.1, -0.05) is 42.8 Å². The number of pyridine rings is 1. The van der Waals surface area contributed by atoms with Gasteiger partial charge in [0.15, 0.2) is 0 Å². The van der Waals surface area contributed by atoms with E-state index in [1.54, 1.807) is 13.3 Å². The fourth-order valence-corrected chi connectivity index (χ4v) is 4.22. The number of anilines is 1. The van der Waals surface area contributed by atoms with Crippen LogP contribution in [0.25, 0.3) is 6.08 Å². The SMILES string of the molecule is COc1cccc(CCOc2cccc(C=C3CCN(C(=O)Nc4ccc(C)nc4)CC3C)c2)c1. The Hall–Kier alpha value is -3.80. The lowest BCUT2D eigenvalue weighted by atomic mass is 9.91. The minimum atomic E-state index is -0.0759. The minimum absolute atomic E-state index is 0.0759. The average Bonchev–Trinajstić information content (AvgIpc) is 2.87. The fraction of sp³-hybridized carbons (Fsp3) is 0.310. The number of carbonyl (C=O) groups excluding carboxylic acids is 1. The van der Waals surface area contributed by atoms with Crippen LogP contribution in [-0.2, 0) is 6.42 Å². The van der Waals surface area contributed by atoms with Gasteiger partial charge < -0.3 is 19.7 Å². The third-order valence-corrected chi connectivity index (χ3v) is 6.25. The molecule has 2 amide bonds. The summed E-state index contributed by atoms with van der Waals surface area (Å²) in [5.41, 5.74) is 5.30. The molecule has 0 aliphatic carbocycles. The molecule has 1 fully saturated rings. The third-order valence-electron chi connectivity index (χ3n) is 6.25. The van der Waals surface area contributed by atoms with Crippen molar-refractivity contribution in [1.82, 2.24) is 9.88 Å². The van der Waals surface area contributed by atoms with Crippen molar-refractivity contribution in [3.05, 3.63) is 89.3 Å². The molecule has 1 atom stereocenters. The predicted octanol–water partition coefficient (Wildman–Crippen LogP) is 5.98. The first-order valence-corrected chi connectivity index (χ1v) is 12.0. The van der Waals surface area contributed by atoms with Crippen molar-refractivity contribution in [3.8, 4) is 11.5 Å². The highest BCUT2D eigenvalue weighted by Gasteiger charge is 2.24. The molecule has 1 aromatic heterocycles. The van der Waals surface area contributed by atoms with Crippen molar-refractivity contribution in [2.45, 2.75) is 26.7 Å². The maximum atomic E-state index is 12.7. The van der Waals surface area contributed by atoms with Gasteiger partial charge in [-0.3, -0.25) is 4.98 Å². The van der Waals surface area contributed by atoms with Gasteiger partial charge in [-0.25, -0.2) is 4.79 Å². The lowest BCUT2D eigenvalue weighted by molar-refractivity contribution is 0.198. The van der Waals surface area contributed by atoms with Crippen LogP contribution in [0.3, 0.4) is 0 Å². The number of ether oxygens (including phenoxy) is 2. The van der Waals surface area contributed by atoms with Gasteiger partial charge in [0.1, 0.15) is 11.5 Å². The monoisotopic (exact) mass is 471 g/mol. The van der Waals surface area contributed by atoms with Gasteiger partial charge in [-0.05, 0) is 66.8 Å². The van der Waals surface area contributed by atoms with E-state index >= 15 is 0 Å². The Kier molecular flexibility index (Phi) is 8.03. The lowest BCUT2D eigenvalue weighted by Crippen LogP contribution is -2.42. The van der Waals surface area contributed by atoms with Crippen LogP contribution in [0.15, 0.2) is 72.4 Å². The molecule has 0 bridgehead atoms. The standard InChI is InChI=1S/C29H33N3O3/c1-21-20-32(29(33)31-26-11-10-22(2)30-19-26)14-12-25(21)16-24-7-5-9-28(18-24)35-15-13-23-6-4-8-27(17-23)34-3/h4-11,16-19,21H,12-15,20H2,1-3H3,(H,31,33). The van der Waals surface area contributed by atoms with E-state index < -0.39 is 0 Å². The number of urea groups is 1. The van der Waals surface area contributed by atoms with Crippen LogP contribution < -0.4 is 14.8 Å². The van der Waals surface area contributed by atoms with E-state index in [1.807, 2.05) is 54.3 Å². The van der Waals surface area contributed by atoms with Crippen molar-refractivity contribution in [3.63, 3.8) is 0 Å². The van der Waals surface area contributed by atoms with Crippen LogP contribution in [0.2, 0.25) is 0 Å². The first kappa shape index (κ1) is 24.3. The molecule has 1 aliphatic heterocycles. The first-order chi connectivity index (χ1) is 17.0. The number of aryl methyl sites for hydroxylation is 1. The minimum Gasteiger partial charge on any atom is -0.497 e. The van der Waals surface area contributed by atoms with Gasteiger partial charge in [0, 0.05) is 25.2 Å². The normalized spacial score (nSPS) is 16.7. The Morgan fingerprint density at radius 2 is 1.97 bits per heavy atom. The summed E-state index contributed by atoms with van der Waals surface area (Å²) in [6, 6.07) is 19.9. The number of hydrogen-bond donors (Lipinski definition) is 1. The van der Waals surface area contributed by atoms with Crippen LogP contribution in [-0.4, -0.2) is 42.7 Å². The van der Waals surface area contributed by atoms with Crippen molar-refractivity contribution in [2.75, 3.05) is 32.1 Å². The van der Waals surface area contributed by atoms with E-state index in [4.69, 9.17) is 9.47 Å². The zero-order valence-electron chi connectivity index (χ0n) is 20.7. The Morgan fingerprint density at radius 3 is 2.74 bits per heavy atom. The van der Waals surface area contributed by atoms with Crippen LogP contribution >= 0.6 is 0 Å². The number of methoxy groups -OCH3 is 1. The second-order valence-electron chi connectivity index (χ2n) is 8.96. The molecule has 2 aromatic carbocycles. The van der Waals surface area contributed by atoms with Gasteiger partial charge in [0.25, 0.3) is 0 Å². The zero-order chi connectivity index (χ0) is 24.6. The molecule has 1 aliphatic rings. The van der Waals surface area contributed by atoms with Crippen LogP contribution in [0.5, 0.6) is 11.5 Å². The Morgan fingerprint density at radius 1 is 1.14 bits per heavy atom. The van der Waals surface area contributed by atoms with Crippen molar-refractivity contribution in [1.29, 1.82) is 0 Å². The molecule has 4 rings (SSSR count). The second kappa shape index (κ2) is 11.6. The molecular formula is C29H33N3O3. The molecule has 0 saturated carbocycles. The molecule has 3 aromatic rings. The molecule has 0 radical (unpaired) electrons. The lowest BCUT2D eigenvalue weighted by Gasteiger charge is -2.33. The number of nitrogens with one attached hydrogen (secondary N) is 1. The molecule has 2 heterocycles. The van der Waals surface area contributed by atoms with E-state index in [2.05, 4.69) is 41.5 Å². The number of likely N-dealkylation sites (tertiary alicyclic amines) is 1. The van der Waals surface area contributed by atoms with Gasteiger partial charge in [-0.2, -0.15) is 0 Å². The van der Waals surface area contributed by atoms with Crippen molar-refractivity contribution in [2.24, 2.45) is 5.92 Å². The summed E-state index contributed by atoms with van der Waals surface area (Å²) < 4.78 is 11.3. The maximum Gasteiger partial charge on any atom is 0.321 e. The van der Waals surface area contributed by atoms with Crippen molar-refractivity contribution >= 4 is 17.8 Å². The number of piperidine rings is 1. The van der Waals surface area contributed by atoms with Gasteiger partial charge in [-0.15, -0.1) is 0 Å². The third kappa shape index (κ3) is 6.85. The van der Waals surface area contributed by atoms with E-state index in [9.17, 15) is 4.79 Å². The van der Waals surface area contributed by atoms with E-state index in [1.165, 1.54) is 11.1 Å². The Labute approximate surface area is 207 Å². The molecule has 182 valence electrons. The van der Waals surface area contributed by atoms with E-state index in [0.29, 0.717) is 19.7 Å². The highest BCUT2D eigenvalue weighted by atomic mass is 16.5. The quantitative estimate of drug-likeness (QED) is 0.461. The topological polar surface area (TPSA) is 63.7 Å². The van der Waals surface area contributed by atoms with Crippen LogP contribution in [0, 0.1) is 12.8 Å². The first-order valence-electron chi connectivity index (χ1n) is 12.0. The molecular weight excluding hydrogens is 438 g/mol. The zero-order valence-corrected chi connectivity index (χ0v) is 20.7. The Bertz CT molecular complexity index is 1170. The molecule has 1 unspecified atom stereocenters. The molecule has 6 nitrogen and oxygen atoms in total. The summed E-state index contributed by atoms with van der Waals surface area (Å²) in [7, 11) is 1.68. The molecule has 1 saturated heterocycles. The van der Waals surface area contributed by atoms with Crippen molar-refractivity contribution < 1.29 is 14.3 Å². The van der Waals surface area contributed by atoms with Gasteiger partial charge >= 0.3 is 6.03 Å².